The van der Waals surface area contributed by atoms with Crippen LogP contribution in [0.1, 0.15) is 17.7 Å². The van der Waals surface area contributed by atoms with E-state index in [1.165, 1.54) is 4.88 Å². The number of piperidine rings is 1. The van der Waals surface area contributed by atoms with Crippen molar-refractivity contribution in [2.45, 2.75) is 19.8 Å². The van der Waals surface area contributed by atoms with E-state index in [9.17, 15) is 9.90 Å². The molecule has 1 aromatic heterocycles. The first-order valence-corrected chi connectivity index (χ1v) is 8.21. The van der Waals surface area contributed by atoms with Gasteiger partial charge in [0.1, 0.15) is 5.75 Å². The minimum Gasteiger partial charge on any atom is -0.506 e. The highest BCUT2D eigenvalue weighted by molar-refractivity contribution is 7.15. The molecule has 1 aromatic carbocycles. The molecule has 116 valence electrons. The Bertz CT molecular complexity index is 663. The molecular formula is C16H19N3O2S. The maximum absolute atomic E-state index is 12.3. The van der Waals surface area contributed by atoms with E-state index in [0.717, 1.165) is 31.1 Å². The number of rotatable bonds is 3. The Morgan fingerprint density at radius 2 is 2.09 bits per heavy atom. The number of nitrogens with one attached hydrogen (secondary N) is 1. The molecule has 2 heterocycles. The van der Waals surface area contributed by atoms with Gasteiger partial charge in [0.2, 0.25) is 5.91 Å². The Balaban J connectivity index is 1.57. The Hall–Kier alpha value is -2.08. The largest absolute Gasteiger partial charge is 0.506 e. The number of aromatic hydroxyl groups is 1. The normalized spacial score (nSPS) is 15.8. The molecule has 0 radical (unpaired) electrons. The van der Waals surface area contributed by atoms with E-state index in [4.69, 9.17) is 0 Å². The lowest BCUT2D eigenvalue weighted by Gasteiger charge is -2.31. The van der Waals surface area contributed by atoms with E-state index in [0.29, 0.717) is 5.69 Å². The van der Waals surface area contributed by atoms with Gasteiger partial charge in [-0.05, 0) is 31.9 Å². The van der Waals surface area contributed by atoms with Crippen LogP contribution in [0, 0.1) is 12.8 Å². The van der Waals surface area contributed by atoms with Crippen LogP contribution >= 0.6 is 11.3 Å². The second-order valence-corrected chi connectivity index (χ2v) is 6.73. The maximum atomic E-state index is 12.3. The monoisotopic (exact) mass is 317 g/mol. The van der Waals surface area contributed by atoms with Crippen molar-refractivity contribution in [1.82, 2.24) is 4.98 Å². The average Bonchev–Trinajstić information content (AvgIpc) is 2.96. The predicted octanol–water partition coefficient (Wildman–Crippen LogP) is 3.01. The van der Waals surface area contributed by atoms with Gasteiger partial charge in [-0.1, -0.05) is 12.1 Å². The zero-order valence-corrected chi connectivity index (χ0v) is 13.3. The Morgan fingerprint density at radius 1 is 1.36 bits per heavy atom. The fourth-order valence-electron chi connectivity index (χ4n) is 2.64. The number of phenolic OH excluding ortho intramolecular Hbond substituents is 1. The summed E-state index contributed by atoms with van der Waals surface area (Å²) in [5.74, 6) is 0.0694. The van der Waals surface area contributed by atoms with Crippen molar-refractivity contribution in [3.05, 3.63) is 35.3 Å². The summed E-state index contributed by atoms with van der Waals surface area (Å²) in [6.07, 6.45) is 3.49. The lowest BCUT2D eigenvalue weighted by atomic mass is 9.96. The van der Waals surface area contributed by atoms with Gasteiger partial charge in [0.15, 0.2) is 5.13 Å². The lowest BCUT2D eigenvalue weighted by molar-refractivity contribution is -0.120. The third-order valence-electron chi connectivity index (χ3n) is 3.91. The van der Waals surface area contributed by atoms with Crippen LogP contribution in [0.15, 0.2) is 30.5 Å². The number of hydrogen-bond acceptors (Lipinski definition) is 5. The Morgan fingerprint density at radius 3 is 2.73 bits per heavy atom. The molecule has 0 bridgehead atoms. The summed E-state index contributed by atoms with van der Waals surface area (Å²) in [5, 5.41) is 13.6. The van der Waals surface area contributed by atoms with Crippen molar-refractivity contribution in [1.29, 1.82) is 0 Å². The van der Waals surface area contributed by atoms with E-state index >= 15 is 0 Å². The molecule has 1 aliphatic heterocycles. The number of anilines is 2. The average molecular weight is 317 g/mol. The number of para-hydroxylation sites is 2. The number of amides is 1. The molecule has 1 fully saturated rings. The van der Waals surface area contributed by atoms with E-state index in [-0.39, 0.29) is 17.6 Å². The number of benzene rings is 1. The van der Waals surface area contributed by atoms with Gasteiger partial charge in [-0.3, -0.25) is 4.79 Å². The topological polar surface area (TPSA) is 65.5 Å². The maximum Gasteiger partial charge on any atom is 0.227 e. The molecule has 2 N–H and O–H groups in total. The number of thiazole rings is 1. The van der Waals surface area contributed by atoms with Crippen LogP contribution in [0.25, 0.3) is 0 Å². The van der Waals surface area contributed by atoms with Gasteiger partial charge in [0.05, 0.1) is 5.69 Å². The summed E-state index contributed by atoms with van der Waals surface area (Å²) in [5.41, 5.74) is 0.477. The number of carbonyl (C=O) groups is 1. The highest BCUT2D eigenvalue weighted by Gasteiger charge is 2.26. The first-order chi connectivity index (χ1) is 10.6. The molecule has 0 saturated carbocycles. The van der Waals surface area contributed by atoms with Crippen LogP contribution in [0.5, 0.6) is 5.75 Å². The zero-order valence-electron chi connectivity index (χ0n) is 12.5. The third kappa shape index (κ3) is 3.22. The lowest BCUT2D eigenvalue weighted by Crippen LogP contribution is -2.38. The van der Waals surface area contributed by atoms with Gasteiger partial charge < -0.3 is 15.3 Å². The smallest absolute Gasteiger partial charge is 0.227 e. The number of nitrogens with zero attached hydrogens (tertiary/aromatic N) is 2. The minimum atomic E-state index is -0.0172. The van der Waals surface area contributed by atoms with Crippen molar-refractivity contribution >= 4 is 28.1 Å². The van der Waals surface area contributed by atoms with Crippen molar-refractivity contribution in [2.75, 3.05) is 23.3 Å². The van der Waals surface area contributed by atoms with Gasteiger partial charge in [0, 0.05) is 30.1 Å². The first kappa shape index (κ1) is 14.8. The second kappa shape index (κ2) is 6.36. The van der Waals surface area contributed by atoms with E-state index in [2.05, 4.69) is 15.2 Å². The number of hydrogen-bond donors (Lipinski definition) is 2. The molecular weight excluding hydrogens is 298 g/mol. The van der Waals surface area contributed by atoms with Crippen LogP contribution in [-0.4, -0.2) is 29.1 Å². The summed E-state index contributed by atoms with van der Waals surface area (Å²) < 4.78 is 0. The molecule has 0 spiro atoms. The molecule has 22 heavy (non-hydrogen) atoms. The van der Waals surface area contributed by atoms with E-state index in [1.807, 2.05) is 13.1 Å². The van der Waals surface area contributed by atoms with Gasteiger partial charge in [0.25, 0.3) is 0 Å². The standard InChI is InChI=1S/C16H19N3O2S/c1-11-10-17-16(22-11)19-8-6-12(7-9-19)15(21)18-13-4-2-3-5-14(13)20/h2-5,10,12,20H,6-9H2,1H3,(H,18,21). The summed E-state index contributed by atoms with van der Waals surface area (Å²) >= 11 is 1.69. The Kier molecular flexibility index (Phi) is 4.29. The van der Waals surface area contributed by atoms with Gasteiger partial charge in [-0.15, -0.1) is 11.3 Å². The number of phenols is 1. The third-order valence-corrected chi connectivity index (χ3v) is 4.88. The van der Waals surface area contributed by atoms with E-state index < -0.39 is 0 Å². The highest BCUT2D eigenvalue weighted by atomic mass is 32.1. The fourth-order valence-corrected chi connectivity index (χ4v) is 3.45. The number of aryl methyl sites for hydroxylation is 1. The SMILES string of the molecule is Cc1cnc(N2CCC(C(=O)Nc3ccccc3O)CC2)s1. The molecule has 0 unspecified atom stereocenters. The minimum absolute atomic E-state index is 0.0167. The van der Waals surface area contributed by atoms with Gasteiger partial charge >= 0.3 is 0 Å². The summed E-state index contributed by atoms with van der Waals surface area (Å²) in [6, 6.07) is 6.81. The van der Waals surface area contributed by atoms with Gasteiger partial charge in [-0.25, -0.2) is 4.98 Å². The number of carbonyl (C=O) groups excluding carboxylic acids is 1. The van der Waals surface area contributed by atoms with Crippen LogP contribution in [0.3, 0.4) is 0 Å². The molecule has 0 aliphatic carbocycles. The summed E-state index contributed by atoms with van der Waals surface area (Å²) in [6.45, 7) is 3.73. The van der Waals surface area contributed by atoms with Crippen LogP contribution in [-0.2, 0) is 4.79 Å². The predicted molar refractivity (Wildman–Crippen MR) is 88.5 cm³/mol. The summed E-state index contributed by atoms with van der Waals surface area (Å²) in [7, 11) is 0. The molecule has 1 amide bonds. The second-order valence-electron chi connectivity index (χ2n) is 5.52. The quantitative estimate of drug-likeness (QED) is 0.854. The molecule has 1 aliphatic rings. The van der Waals surface area contributed by atoms with Crippen LogP contribution in [0.4, 0.5) is 10.8 Å². The molecule has 1 saturated heterocycles. The van der Waals surface area contributed by atoms with Crippen molar-refractivity contribution in [3.8, 4) is 5.75 Å². The fraction of sp³-hybridized carbons (Fsp3) is 0.375. The summed E-state index contributed by atoms with van der Waals surface area (Å²) in [4.78, 5) is 20.2. The van der Waals surface area contributed by atoms with Crippen LogP contribution < -0.4 is 10.2 Å². The Labute approximate surface area is 133 Å². The molecule has 3 rings (SSSR count). The molecule has 6 heteroatoms. The van der Waals surface area contributed by atoms with Crippen molar-refractivity contribution < 1.29 is 9.90 Å². The van der Waals surface area contributed by atoms with Crippen molar-refractivity contribution in [2.24, 2.45) is 5.92 Å². The first-order valence-electron chi connectivity index (χ1n) is 7.40. The molecule has 0 atom stereocenters. The van der Waals surface area contributed by atoms with E-state index in [1.54, 1.807) is 35.6 Å². The molecule has 2 aromatic rings. The highest BCUT2D eigenvalue weighted by Crippen LogP contribution is 2.28. The van der Waals surface area contributed by atoms with Crippen molar-refractivity contribution in [3.63, 3.8) is 0 Å². The zero-order chi connectivity index (χ0) is 15.5. The van der Waals surface area contributed by atoms with Crippen LogP contribution in [0.2, 0.25) is 0 Å². The number of aromatic nitrogens is 1. The molecule has 5 nitrogen and oxygen atoms in total. The van der Waals surface area contributed by atoms with Gasteiger partial charge in [-0.2, -0.15) is 0 Å².